The lowest BCUT2D eigenvalue weighted by molar-refractivity contribution is -0.136. The van der Waals surface area contributed by atoms with Gasteiger partial charge in [-0.2, -0.15) is 0 Å². The molecular weight excluding hydrogens is 324 g/mol. The van der Waals surface area contributed by atoms with E-state index in [0.717, 1.165) is 29.8 Å². The minimum atomic E-state index is -0.764. The SMILES string of the molecule is CN(C)Cc1cccc2c(Cc3cccc(CCC(=O)O)c3)nccc12. The number of hydrogen-bond donors (Lipinski definition) is 1. The maximum Gasteiger partial charge on any atom is 0.303 e. The van der Waals surface area contributed by atoms with Crippen LogP contribution in [0.4, 0.5) is 0 Å². The van der Waals surface area contributed by atoms with Gasteiger partial charge in [0.1, 0.15) is 0 Å². The van der Waals surface area contributed by atoms with Gasteiger partial charge in [0.2, 0.25) is 0 Å². The molecule has 0 spiro atoms. The summed E-state index contributed by atoms with van der Waals surface area (Å²) in [7, 11) is 4.15. The molecule has 0 aliphatic heterocycles. The molecule has 3 aromatic rings. The largest absolute Gasteiger partial charge is 0.481 e. The first-order valence-corrected chi connectivity index (χ1v) is 8.83. The molecule has 2 aromatic carbocycles. The van der Waals surface area contributed by atoms with Crippen molar-refractivity contribution in [2.75, 3.05) is 14.1 Å². The van der Waals surface area contributed by atoms with Gasteiger partial charge in [-0.25, -0.2) is 0 Å². The highest BCUT2D eigenvalue weighted by Gasteiger charge is 2.08. The van der Waals surface area contributed by atoms with Crippen molar-refractivity contribution >= 4 is 16.7 Å². The molecule has 1 aromatic heterocycles. The Morgan fingerprint density at radius 3 is 2.58 bits per heavy atom. The molecule has 26 heavy (non-hydrogen) atoms. The van der Waals surface area contributed by atoms with Gasteiger partial charge in [-0.1, -0.05) is 42.5 Å². The van der Waals surface area contributed by atoms with Crippen molar-refractivity contribution in [2.45, 2.75) is 25.8 Å². The summed E-state index contributed by atoms with van der Waals surface area (Å²) in [6, 6.07) is 16.6. The van der Waals surface area contributed by atoms with Gasteiger partial charge in [0.15, 0.2) is 0 Å². The Kier molecular flexibility index (Phi) is 5.64. The Bertz CT molecular complexity index is 919. The molecule has 4 heteroatoms. The highest BCUT2D eigenvalue weighted by atomic mass is 16.4. The van der Waals surface area contributed by atoms with Crippen LogP contribution >= 0.6 is 0 Å². The van der Waals surface area contributed by atoms with Gasteiger partial charge in [0, 0.05) is 31.0 Å². The summed E-state index contributed by atoms with van der Waals surface area (Å²) < 4.78 is 0. The van der Waals surface area contributed by atoms with Crippen molar-refractivity contribution in [3.63, 3.8) is 0 Å². The molecule has 134 valence electrons. The first kappa shape index (κ1) is 18.1. The highest BCUT2D eigenvalue weighted by Crippen LogP contribution is 2.24. The lowest BCUT2D eigenvalue weighted by Crippen LogP contribution is -2.11. The topological polar surface area (TPSA) is 53.4 Å². The molecule has 0 fully saturated rings. The van der Waals surface area contributed by atoms with Gasteiger partial charge in [0.25, 0.3) is 0 Å². The van der Waals surface area contributed by atoms with Gasteiger partial charge in [-0.05, 0) is 48.7 Å². The smallest absolute Gasteiger partial charge is 0.303 e. The van der Waals surface area contributed by atoms with Crippen molar-refractivity contribution < 1.29 is 9.90 Å². The number of carboxylic acids is 1. The first-order chi connectivity index (χ1) is 12.5. The van der Waals surface area contributed by atoms with E-state index in [1.54, 1.807) is 0 Å². The van der Waals surface area contributed by atoms with Gasteiger partial charge >= 0.3 is 5.97 Å². The van der Waals surface area contributed by atoms with Gasteiger partial charge in [-0.15, -0.1) is 0 Å². The van der Waals surface area contributed by atoms with Crippen LogP contribution in [0.25, 0.3) is 10.8 Å². The number of fused-ring (bicyclic) bond motifs is 1. The van der Waals surface area contributed by atoms with Crippen LogP contribution in [0.2, 0.25) is 0 Å². The minimum absolute atomic E-state index is 0.157. The zero-order chi connectivity index (χ0) is 18.5. The lowest BCUT2D eigenvalue weighted by atomic mass is 9.98. The molecule has 1 N–H and O–H groups in total. The van der Waals surface area contributed by atoms with E-state index in [1.807, 2.05) is 18.3 Å². The van der Waals surface area contributed by atoms with Crippen molar-refractivity contribution in [1.82, 2.24) is 9.88 Å². The van der Waals surface area contributed by atoms with E-state index in [0.29, 0.717) is 6.42 Å². The predicted octanol–water partition coefficient (Wildman–Crippen LogP) is 3.90. The number of carbonyl (C=O) groups is 1. The van der Waals surface area contributed by atoms with Crippen LogP contribution in [0.15, 0.2) is 54.7 Å². The number of aromatic nitrogens is 1. The molecule has 0 aliphatic carbocycles. The molecule has 4 nitrogen and oxygen atoms in total. The third-order valence-corrected chi connectivity index (χ3v) is 4.46. The van der Waals surface area contributed by atoms with E-state index in [4.69, 9.17) is 5.11 Å². The average molecular weight is 348 g/mol. The van der Waals surface area contributed by atoms with Crippen LogP contribution < -0.4 is 0 Å². The second-order valence-electron chi connectivity index (χ2n) is 6.90. The zero-order valence-corrected chi connectivity index (χ0v) is 15.3. The van der Waals surface area contributed by atoms with Crippen molar-refractivity contribution in [3.8, 4) is 0 Å². The fourth-order valence-corrected chi connectivity index (χ4v) is 3.29. The quantitative estimate of drug-likeness (QED) is 0.703. The van der Waals surface area contributed by atoms with Crippen LogP contribution in [0.3, 0.4) is 0 Å². The molecule has 1 heterocycles. The Morgan fingerprint density at radius 1 is 1.04 bits per heavy atom. The predicted molar refractivity (Wildman–Crippen MR) is 104 cm³/mol. The normalized spacial score (nSPS) is 11.2. The van der Waals surface area contributed by atoms with Crippen LogP contribution in [-0.4, -0.2) is 35.1 Å². The van der Waals surface area contributed by atoms with E-state index in [1.165, 1.54) is 16.3 Å². The molecule has 3 rings (SSSR count). The van der Waals surface area contributed by atoms with Crippen LogP contribution in [-0.2, 0) is 24.2 Å². The molecule has 0 radical (unpaired) electrons. The van der Waals surface area contributed by atoms with E-state index >= 15 is 0 Å². The maximum absolute atomic E-state index is 10.8. The third kappa shape index (κ3) is 4.46. The number of nitrogens with zero attached hydrogens (tertiary/aromatic N) is 2. The Hall–Kier alpha value is -2.72. The van der Waals surface area contributed by atoms with Gasteiger partial charge in [-0.3, -0.25) is 9.78 Å². The molecular formula is C22H24N2O2. The Balaban J connectivity index is 1.89. The molecule has 0 atom stereocenters. The third-order valence-electron chi connectivity index (χ3n) is 4.46. The fourth-order valence-electron chi connectivity index (χ4n) is 3.29. The van der Waals surface area contributed by atoms with Crippen LogP contribution in [0.1, 0.15) is 28.8 Å². The maximum atomic E-state index is 10.8. The number of rotatable bonds is 7. The molecule has 0 aliphatic rings. The summed E-state index contributed by atoms with van der Waals surface area (Å²) in [5, 5.41) is 11.3. The van der Waals surface area contributed by atoms with Crippen LogP contribution in [0, 0.1) is 0 Å². The molecule has 0 unspecified atom stereocenters. The first-order valence-electron chi connectivity index (χ1n) is 8.83. The van der Waals surface area contributed by atoms with E-state index in [2.05, 4.69) is 60.4 Å². The highest BCUT2D eigenvalue weighted by molar-refractivity contribution is 5.87. The second kappa shape index (κ2) is 8.11. The number of hydrogen-bond acceptors (Lipinski definition) is 3. The molecule has 0 amide bonds. The monoisotopic (exact) mass is 348 g/mol. The van der Waals surface area contributed by atoms with E-state index in [9.17, 15) is 4.79 Å². The molecule has 0 saturated heterocycles. The minimum Gasteiger partial charge on any atom is -0.481 e. The number of aryl methyl sites for hydroxylation is 1. The summed E-state index contributed by atoms with van der Waals surface area (Å²) in [5.41, 5.74) is 4.56. The van der Waals surface area contributed by atoms with Gasteiger partial charge in [0.05, 0.1) is 5.69 Å². The van der Waals surface area contributed by atoms with Crippen LogP contribution in [0.5, 0.6) is 0 Å². The second-order valence-corrected chi connectivity index (χ2v) is 6.90. The number of aliphatic carboxylic acids is 1. The molecule has 0 bridgehead atoms. The summed E-state index contributed by atoms with van der Waals surface area (Å²) in [4.78, 5) is 17.6. The number of benzene rings is 2. The molecule has 0 saturated carbocycles. The summed E-state index contributed by atoms with van der Waals surface area (Å²) in [6.07, 6.45) is 3.33. The summed E-state index contributed by atoms with van der Waals surface area (Å²) in [5.74, 6) is -0.764. The summed E-state index contributed by atoms with van der Waals surface area (Å²) >= 11 is 0. The lowest BCUT2D eigenvalue weighted by Gasteiger charge is -2.14. The number of pyridine rings is 1. The van der Waals surface area contributed by atoms with Crippen molar-refractivity contribution in [2.24, 2.45) is 0 Å². The number of carboxylic acid groups (broad SMARTS) is 1. The Labute approximate surface area is 154 Å². The Morgan fingerprint density at radius 2 is 1.81 bits per heavy atom. The zero-order valence-electron chi connectivity index (χ0n) is 15.3. The summed E-state index contributed by atoms with van der Waals surface area (Å²) in [6.45, 7) is 0.894. The standard InChI is InChI=1S/C22H24N2O2/c1-24(2)15-18-7-4-8-20-19(18)11-12-23-21(20)14-17-6-3-5-16(13-17)9-10-22(25)26/h3-8,11-13H,9-10,14-15H2,1-2H3,(H,25,26). The van der Waals surface area contributed by atoms with Crippen molar-refractivity contribution in [3.05, 3.63) is 77.1 Å². The average Bonchev–Trinajstić information content (AvgIpc) is 2.61. The fraction of sp³-hybridized carbons (Fsp3) is 0.273. The van der Waals surface area contributed by atoms with E-state index in [-0.39, 0.29) is 6.42 Å². The van der Waals surface area contributed by atoms with E-state index < -0.39 is 5.97 Å². The van der Waals surface area contributed by atoms with Gasteiger partial charge < -0.3 is 10.0 Å². The van der Waals surface area contributed by atoms with Crippen molar-refractivity contribution in [1.29, 1.82) is 0 Å².